The lowest BCUT2D eigenvalue weighted by atomic mass is 10.1. The molecule has 1 rings (SSSR count). The predicted molar refractivity (Wildman–Crippen MR) is 64.3 cm³/mol. The number of rotatable bonds is 3. The molecule has 0 aliphatic carbocycles. The Balaban J connectivity index is 2.67. The molecule has 1 nitrogen and oxygen atoms in total. The molecule has 15 heavy (non-hydrogen) atoms. The van der Waals surface area contributed by atoms with Gasteiger partial charge in [-0.05, 0) is 31.0 Å². The molecular formula is C14H16O. The molecule has 0 aromatic heterocycles. The van der Waals surface area contributed by atoms with Crippen LogP contribution in [0.5, 0.6) is 0 Å². The minimum atomic E-state index is 0.216. The lowest BCUT2D eigenvalue weighted by Gasteiger charge is -1.94. The van der Waals surface area contributed by atoms with Crippen molar-refractivity contribution in [3.63, 3.8) is 0 Å². The maximum Gasteiger partial charge on any atom is 0.0440 e. The van der Waals surface area contributed by atoms with Crippen molar-refractivity contribution in [2.75, 3.05) is 6.61 Å². The summed E-state index contributed by atoms with van der Waals surface area (Å²) < 4.78 is 0. The highest BCUT2D eigenvalue weighted by Gasteiger charge is 1.88. The highest BCUT2D eigenvalue weighted by atomic mass is 16.2. The van der Waals surface area contributed by atoms with Crippen LogP contribution in [0.15, 0.2) is 30.3 Å². The minimum absolute atomic E-state index is 0.216. The Morgan fingerprint density at radius 1 is 1.40 bits per heavy atom. The highest BCUT2D eigenvalue weighted by Crippen LogP contribution is 2.05. The van der Waals surface area contributed by atoms with Crippen LogP contribution in [0.2, 0.25) is 0 Å². The fourth-order valence-corrected chi connectivity index (χ4v) is 1.24. The van der Waals surface area contributed by atoms with Gasteiger partial charge < -0.3 is 5.11 Å². The van der Waals surface area contributed by atoms with E-state index in [1.807, 2.05) is 25.1 Å². The van der Waals surface area contributed by atoms with Crippen LogP contribution >= 0.6 is 0 Å². The lowest BCUT2D eigenvalue weighted by molar-refractivity contribution is 0.290. The zero-order chi connectivity index (χ0) is 10.9. The number of hydrogen-bond acceptors (Lipinski definition) is 1. The van der Waals surface area contributed by atoms with E-state index in [1.54, 1.807) is 0 Å². The van der Waals surface area contributed by atoms with Crippen LogP contribution in [-0.4, -0.2) is 11.7 Å². The Labute approximate surface area is 91.5 Å². The Hall–Kier alpha value is -1.52. The molecule has 1 aromatic rings. The van der Waals surface area contributed by atoms with Crippen LogP contribution in [0.4, 0.5) is 0 Å². The second-order valence-corrected chi connectivity index (χ2v) is 3.25. The third kappa shape index (κ3) is 4.49. The zero-order valence-corrected chi connectivity index (χ0v) is 9.03. The predicted octanol–water partition coefficient (Wildman–Crippen LogP) is 2.84. The highest BCUT2D eigenvalue weighted by molar-refractivity contribution is 5.52. The van der Waals surface area contributed by atoms with E-state index < -0.39 is 0 Å². The maximum atomic E-state index is 8.60. The van der Waals surface area contributed by atoms with Gasteiger partial charge in [0.2, 0.25) is 0 Å². The SMILES string of the molecule is CC=Cc1cccc(C#CCCCO)c1. The smallest absolute Gasteiger partial charge is 0.0440 e. The first-order valence-corrected chi connectivity index (χ1v) is 5.19. The van der Waals surface area contributed by atoms with Crippen LogP contribution in [0.1, 0.15) is 30.9 Å². The van der Waals surface area contributed by atoms with Crippen molar-refractivity contribution in [3.05, 3.63) is 41.5 Å². The molecule has 0 unspecified atom stereocenters. The third-order valence-electron chi connectivity index (χ3n) is 1.94. The van der Waals surface area contributed by atoms with E-state index in [0.717, 1.165) is 18.4 Å². The van der Waals surface area contributed by atoms with Gasteiger partial charge in [0.25, 0.3) is 0 Å². The molecule has 0 atom stereocenters. The molecule has 0 saturated heterocycles. The molecule has 0 bridgehead atoms. The average molecular weight is 200 g/mol. The van der Waals surface area contributed by atoms with Gasteiger partial charge in [0, 0.05) is 18.6 Å². The molecule has 78 valence electrons. The summed E-state index contributed by atoms with van der Waals surface area (Å²) in [5.74, 6) is 6.12. The fraction of sp³-hybridized carbons (Fsp3) is 0.286. The quantitative estimate of drug-likeness (QED) is 0.587. The van der Waals surface area contributed by atoms with E-state index in [-0.39, 0.29) is 6.61 Å². The van der Waals surface area contributed by atoms with Gasteiger partial charge in [-0.2, -0.15) is 0 Å². The number of hydrogen-bond donors (Lipinski definition) is 1. The number of allylic oxidation sites excluding steroid dienone is 1. The van der Waals surface area contributed by atoms with Crippen molar-refractivity contribution < 1.29 is 5.11 Å². The van der Waals surface area contributed by atoms with Gasteiger partial charge in [0.05, 0.1) is 0 Å². The molecule has 0 saturated carbocycles. The molecule has 0 radical (unpaired) electrons. The van der Waals surface area contributed by atoms with E-state index in [9.17, 15) is 0 Å². The van der Waals surface area contributed by atoms with Crippen molar-refractivity contribution in [2.45, 2.75) is 19.8 Å². The first-order chi connectivity index (χ1) is 7.36. The molecular weight excluding hydrogens is 184 g/mol. The van der Waals surface area contributed by atoms with Crippen molar-refractivity contribution in [2.24, 2.45) is 0 Å². The van der Waals surface area contributed by atoms with E-state index in [2.05, 4.69) is 30.0 Å². The second kappa shape index (κ2) is 6.86. The van der Waals surface area contributed by atoms with E-state index in [1.165, 1.54) is 5.56 Å². The van der Waals surface area contributed by atoms with E-state index in [0.29, 0.717) is 0 Å². The Kier molecular flexibility index (Phi) is 5.29. The third-order valence-corrected chi connectivity index (χ3v) is 1.94. The first kappa shape index (κ1) is 11.6. The van der Waals surface area contributed by atoms with Gasteiger partial charge in [-0.15, -0.1) is 0 Å². The van der Waals surface area contributed by atoms with E-state index >= 15 is 0 Å². The number of unbranched alkanes of at least 4 members (excludes halogenated alkanes) is 1. The van der Waals surface area contributed by atoms with Gasteiger partial charge in [-0.3, -0.25) is 0 Å². The van der Waals surface area contributed by atoms with Gasteiger partial charge in [-0.1, -0.05) is 36.1 Å². The molecule has 0 aliphatic heterocycles. The summed E-state index contributed by atoms with van der Waals surface area (Å²) in [5.41, 5.74) is 2.20. The number of aliphatic hydroxyl groups excluding tert-OH is 1. The number of benzene rings is 1. The number of aliphatic hydroxyl groups is 1. The van der Waals surface area contributed by atoms with Crippen LogP contribution < -0.4 is 0 Å². The van der Waals surface area contributed by atoms with Crippen LogP contribution in [0.3, 0.4) is 0 Å². The van der Waals surface area contributed by atoms with Crippen molar-refractivity contribution in [3.8, 4) is 11.8 Å². The summed E-state index contributed by atoms with van der Waals surface area (Å²) in [6.45, 7) is 2.22. The average Bonchev–Trinajstić information content (AvgIpc) is 2.26. The molecule has 0 fully saturated rings. The summed E-state index contributed by atoms with van der Waals surface area (Å²) in [4.78, 5) is 0. The van der Waals surface area contributed by atoms with E-state index in [4.69, 9.17) is 5.11 Å². The largest absolute Gasteiger partial charge is 0.396 e. The Bertz CT molecular complexity index is 380. The minimum Gasteiger partial charge on any atom is -0.396 e. The van der Waals surface area contributed by atoms with Gasteiger partial charge in [0.1, 0.15) is 0 Å². The molecule has 1 N–H and O–H groups in total. The molecule has 1 heteroatoms. The normalized spacial score (nSPS) is 10.0. The van der Waals surface area contributed by atoms with Crippen molar-refractivity contribution in [1.82, 2.24) is 0 Å². The summed E-state index contributed by atoms with van der Waals surface area (Å²) in [5, 5.41) is 8.60. The standard InChI is InChI=1S/C14H16O/c1-2-7-13-9-6-10-14(12-13)8-4-3-5-11-15/h2,6-7,9-10,12,15H,3,5,11H2,1H3. The van der Waals surface area contributed by atoms with Gasteiger partial charge in [0.15, 0.2) is 0 Å². The lowest BCUT2D eigenvalue weighted by Crippen LogP contribution is -1.80. The zero-order valence-electron chi connectivity index (χ0n) is 9.03. The fourth-order valence-electron chi connectivity index (χ4n) is 1.24. The summed E-state index contributed by atoms with van der Waals surface area (Å²) >= 11 is 0. The van der Waals surface area contributed by atoms with Crippen LogP contribution in [0, 0.1) is 11.8 Å². The Morgan fingerprint density at radius 2 is 2.27 bits per heavy atom. The molecule has 0 spiro atoms. The molecule has 1 aromatic carbocycles. The Morgan fingerprint density at radius 3 is 3.00 bits per heavy atom. The van der Waals surface area contributed by atoms with Gasteiger partial charge >= 0.3 is 0 Å². The first-order valence-electron chi connectivity index (χ1n) is 5.19. The molecule has 0 amide bonds. The van der Waals surface area contributed by atoms with Crippen molar-refractivity contribution >= 4 is 6.08 Å². The summed E-state index contributed by atoms with van der Waals surface area (Å²) in [6.07, 6.45) is 5.57. The van der Waals surface area contributed by atoms with Gasteiger partial charge in [-0.25, -0.2) is 0 Å². The van der Waals surface area contributed by atoms with Crippen molar-refractivity contribution in [1.29, 1.82) is 0 Å². The second-order valence-electron chi connectivity index (χ2n) is 3.25. The topological polar surface area (TPSA) is 20.2 Å². The summed E-state index contributed by atoms with van der Waals surface area (Å²) in [6, 6.07) is 8.12. The van der Waals surface area contributed by atoms with Crippen LogP contribution in [0.25, 0.3) is 6.08 Å². The summed E-state index contributed by atoms with van der Waals surface area (Å²) in [7, 11) is 0. The maximum absolute atomic E-state index is 8.60. The molecule has 0 aliphatic rings. The monoisotopic (exact) mass is 200 g/mol. The van der Waals surface area contributed by atoms with Crippen LogP contribution in [-0.2, 0) is 0 Å². The molecule has 0 heterocycles.